The molecule has 3 heterocycles. The van der Waals surface area contributed by atoms with Crippen LogP contribution in [-0.4, -0.2) is 59.9 Å². The van der Waals surface area contributed by atoms with E-state index in [0.717, 1.165) is 10.6 Å². The summed E-state index contributed by atoms with van der Waals surface area (Å²) in [6.45, 7) is 6.50. The highest BCUT2D eigenvalue weighted by atomic mass is 35.5. The van der Waals surface area contributed by atoms with Crippen LogP contribution in [-0.2, 0) is 15.0 Å². The normalized spacial score (nSPS) is 20.5. The van der Waals surface area contributed by atoms with Crippen molar-refractivity contribution in [2.45, 2.75) is 57.1 Å². The molecule has 0 bridgehead atoms. The van der Waals surface area contributed by atoms with Crippen LogP contribution in [0.2, 0.25) is 10.0 Å². The van der Waals surface area contributed by atoms with Crippen molar-refractivity contribution in [2.24, 2.45) is 0 Å². The Kier molecular flexibility index (Phi) is 10.5. The van der Waals surface area contributed by atoms with Crippen molar-refractivity contribution < 1.29 is 19.1 Å². The minimum atomic E-state index is -1.03. The molecule has 1 spiro atoms. The van der Waals surface area contributed by atoms with Crippen LogP contribution >= 0.6 is 23.2 Å². The molecule has 1 unspecified atom stereocenters. The van der Waals surface area contributed by atoms with E-state index in [1.807, 2.05) is 72.2 Å². The van der Waals surface area contributed by atoms with E-state index in [-0.39, 0.29) is 30.4 Å². The lowest BCUT2D eigenvalue weighted by atomic mass is 9.67. The maximum Gasteiger partial charge on any atom is 0.319 e. The highest BCUT2D eigenvalue weighted by Crippen LogP contribution is 2.53. The van der Waals surface area contributed by atoms with Crippen LogP contribution < -0.4 is 15.4 Å². The number of ether oxygens (including phenoxy) is 1. The van der Waals surface area contributed by atoms with Crippen molar-refractivity contribution in [3.63, 3.8) is 0 Å². The Morgan fingerprint density at radius 1 is 1.02 bits per heavy atom. The van der Waals surface area contributed by atoms with Gasteiger partial charge in [0.1, 0.15) is 17.3 Å². The zero-order valence-corrected chi connectivity index (χ0v) is 27.5. The number of benzene rings is 3. The number of amides is 4. The Morgan fingerprint density at radius 2 is 1.74 bits per heavy atom. The molecule has 6 rings (SSSR count). The van der Waals surface area contributed by atoms with Gasteiger partial charge in [-0.3, -0.25) is 9.59 Å². The van der Waals surface area contributed by atoms with Gasteiger partial charge in [0.05, 0.1) is 6.04 Å². The second kappa shape index (κ2) is 14.5. The molecule has 3 aromatic rings. The highest BCUT2D eigenvalue weighted by molar-refractivity contribution is 6.31. The van der Waals surface area contributed by atoms with E-state index in [1.54, 1.807) is 18.2 Å². The fourth-order valence-corrected chi connectivity index (χ4v) is 6.80. The van der Waals surface area contributed by atoms with E-state index in [4.69, 9.17) is 34.4 Å². The zero-order valence-electron chi connectivity index (χ0n) is 26.0. The molecule has 240 valence electrons. The Bertz CT molecular complexity index is 1630. The summed E-state index contributed by atoms with van der Waals surface area (Å²) in [6, 6.07) is 19.6. The van der Waals surface area contributed by atoms with E-state index < -0.39 is 11.5 Å². The van der Waals surface area contributed by atoms with E-state index >= 15 is 0 Å². The van der Waals surface area contributed by atoms with Gasteiger partial charge in [0.2, 0.25) is 11.8 Å². The summed E-state index contributed by atoms with van der Waals surface area (Å²) in [5.74, 6) is 2.92. The number of hydrogen-bond acceptors (Lipinski definition) is 4. The first kappa shape index (κ1) is 33.2. The van der Waals surface area contributed by atoms with Crippen LogP contribution in [0.5, 0.6) is 5.75 Å². The molecule has 0 saturated carbocycles. The quantitative estimate of drug-likeness (QED) is 0.294. The number of piperidine rings is 2. The van der Waals surface area contributed by atoms with Crippen LogP contribution in [0.3, 0.4) is 0 Å². The molecule has 3 aliphatic rings. The maximum absolute atomic E-state index is 13.6. The summed E-state index contributed by atoms with van der Waals surface area (Å²) in [6.07, 6.45) is 7.54. The third-order valence-electron chi connectivity index (χ3n) is 8.92. The Balaban J connectivity index is 0.000000527. The van der Waals surface area contributed by atoms with Gasteiger partial charge in [0.15, 0.2) is 0 Å². The Labute approximate surface area is 280 Å². The topological polar surface area (TPSA) is 91.0 Å². The number of fused-ring (bicyclic) bond motifs is 2. The van der Waals surface area contributed by atoms with Crippen LogP contribution in [0.15, 0.2) is 66.7 Å². The first-order valence-electron chi connectivity index (χ1n) is 15.6. The molecule has 3 aliphatic heterocycles. The lowest BCUT2D eigenvalue weighted by Crippen LogP contribution is -2.52. The number of likely N-dealkylation sites (tertiary alicyclic amines) is 1. The molecule has 2 atom stereocenters. The van der Waals surface area contributed by atoms with Crippen molar-refractivity contribution in [3.05, 3.63) is 93.5 Å². The summed E-state index contributed by atoms with van der Waals surface area (Å²) in [4.78, 5) is 42.9. The second-order valence-electron chi connectivity index (χ2n) is 11.6. The summed E-state index contributed by atoms with van der Waals surface area (Å²) >= 11 is 11.8. The number of terminal acetylenes is 1. The molecule has 2 saturated heterocycles. The summed E-state index contributed by atoms with van der Waals surface area (Å²) in [7, 11) is 0. The molecule has 46 heavy (non-hydrogen) atoms. The van der Waals surface area contributed by atoms with Gasteiger partial charge in [-0.15, -0.1) is 6.42 Å². The van der Waals surface area contributed by atoms with Crippen molar-refractivity contribution in [1.82, 2.24) is 15.1 Å². The number of halogens is 2. The third kappa shape index (κ3) is 6.81. The molecule has 4 amide bonds. The fraction of sp³-hybridized carbons (Fsp3) is 0.361. The number of rotatable bonds is 5. The molecular formula is C36H38Cl2N4O4. The number of carbonyl (C=O) groups is 3. The molecule has 0 radical (unpaired) electrons. The van der Waals surface area contributed by atoms with Crippen molar-refractivity contribution >= 4 is 46.7 Å². The van der Waals surface area contributed by atoms with Gasteiger partial charge in [-0.1, -0.05) is 53.4 Å². The van der Waals surface area contributed by atoms with Crippen LogP contribution in [0.25, 0.3) is 0 Å². The van der Waals surface area contributed by atoms with E-state index in [1.165, 1.54) is 0 Å². The van der Waals surface area contributed by atoms with Gasteiger partial charge in [-0.05, 0) is 68.3 Å². The molecule has 0 aliphatic carbocycles. The number of hydrogen-bond donors (Lipinski definition) is 2. The van der Waals surface area contributed by atoms with Gasteiger partial charge in [0.25, 0.3) is 0 Å². The molecule has 2 N–H and O–H groups in total. The average molecular weight is 662 g/mol. The lowest BCUT2D eigenvalue weighted by Gasteiger charge is -2.41. The molecule has 3 aromatic carbocycles. The first-order chi connectivity index (χ1) is 22.2. The number of anilines is 1. The SMILES string of the molecule is C#Cc1ccc(OC2CCN(C(=O)N(CC)CC)CC2)c([C@H]2NC(=O)CCC23C(=O)Nc2cc(Cl)ccc23)c1.Clc1ccccc1. The van der Waals surface area contributed by atoms with Crippen LogP contribution in [0, 0.1) is 12.3 Å². The van der Waals surface area contributed by atoms with Gasteiger partial charge in [-0.25, -0.2) is 4.79 Å². The highest BCUT2D eigenvalue weighted by Gasteiger charge is 2.56. The standard InChI is InChI=1S/C30H33ClN4O4.C6H5Cl/c1-4-19-7-10-25(39-21-12-15-35(16-13-21)29(38)34(5-2)6-3)22(17-19)27-30(14-11-26(36)33-27)23-9-8-20(31)18-24(23)32-28(30)37;7-6-4-2-1-3-5-6/h1,7-10,17-18,21,27H,5-6,11-16H2,2-3H3,(H,32,37)(H,33,36);1-5H/t27-,30?;/m1./s1. The van der Waals surface area contributed by atoms with Crippen molar-refractivity contribution in [1.29, 1.82) is 0 Å². The van der Waals surface area contributed by atoms with Crippen LogP contribution in [0.4, 0.5) is 10.5 Å². The largest absolute Gasteiger partial charge is 0.490 e. The number of nitrogens with one attached hydrogen (secondary N) is 2. The predicted octanol–water partition coefficient (Wildman–Crippen LogP) is 6.81. The summed E-state index contributed by atoms with van der Waals surface area (Å²) in [5.41, 5.74) is 1.70. The molecule has 8 nitrogen and oxygen atoms in total. The van der Waals surface area contributed by atoms with E-state index in [9.17, 15) is 14.4 Å². The van der Waals surface area contributed by atoms with Gasteiger partial charge in [-0.2, -0.15) is 0 Å². The Hall–Kier alpha value is -4.19. The van der Waals surface area contributed by atoms with Gasteiger partial charge in [0, 0.05) is 72.3 Å². The van der Waals surface area contributed by atoms with Crippen molar-refractivity contribution in [2.75, 3.05) is 31.5 Å². The zero-order chi connectivity index (χ0) is 32.8. The molecular weight excluding hydrogens is 623 g/mol. The van der Waals surface area contributed by atoms with E-state index in [2.05, 4.69) is 16.6 Å². The monoisotopic (exact) mass is 660 g/mol. The number of carbonyl (C=O) groups excluding carboxylic acids is 3. The lowest BCUT2D eigenvalue weighted by molar-refractivity contribution is -0.130. The molecule has 2 fully saturated rings. The predicted molar refractivity (Wildman–Crippen MR) is 181 cm³/mol. The smallest absolute Gasteiger partial charge is 0.319 e. The summed E-state index contributed by atoms with van der Waals surface area (Å²) < 4.78 is 6.54. The van der Waals surface area contributed by atoms with Gasteiger partial charge < -0.3 is 25.2 Å². The first-order valence-corrected chi connectivity index (χ1v) is 16.4. The number of nitrogens with zero attached hydrogens (tertiary/aromatic N) is 2. The van der Waals surface area contributed by atoms with Crippen LogP contribution in [0.1, 0.15) is 62.3 Å². The van der Waals surface area contributed by atoms with Gasteiger partial charge >= 0.3 is 6.03 Å². The number of urea groups is 1. The summed E-state index contributed by atoms with van der Waals surface area (Å²) in [5, 5.41) is 7.38. The third-order valence-corrected chi connectivity index (χ3v) is 9.41. The minimum Gasteiger partial charge on any atom is -0.490 e. The second-order valence-corrected chi connectivity index (χ2v) is 12.4. The molecule has 10 heteroatoms. The van der Waals surface area contributed by atoms with Crippen molar-refractivity contribution in [3.8, 4) is 18.1 Å². The average Bonchev–Trinajstić information content (AvgIpc) is 3.33. The Morgan fingerprint density at radius 3 is 2.37 bits per heavy atom. The minimum absolute atomic E-state index is 0.0513. The molecule has 0 aromatic heterocycles. The fourth-order valence-electron chi connectivity index (χ4n) is 6.48. The maximum atomic E-state index is 13.6. The van der Waals surface area contributed by atoms with E-state index in [0.29, 0.717) is 73.0 Å².